The van der Waals surface area contributed by atoms with Crippen LogP contribution in [0.25, 0.3) is 0 Å². The van der Waals surface area contributed by atoms with Crippen LogP contribution in [0.5, 0.6) is 0 Å². The molecule has 86 valence electrons. The molecule has 1 aromatic rings. The Morgan fingerprint density at radius 1 is 1.56 bits per heavy atom. The van der Waals surface area contributed by atoms with Crippen LogP contribution in [0.15, 0.2) is 36.9 Å². The maximum Gasteiger partial charge on any atom is 0.237 e. The summed E-state index contributed by atoms with van der Waals surface area (Å²) in [6.07, 6.45) is 2.09. The van der Waals surface area contributed by atoms with Crippen molar-refractivity contribution in [3.05, 3.63) is 47.5 Å². The van der Waals surface area contributed by atoms with E-state index in [1.165, 1.54) is 0 Å². The van der Waals surface area contributed by atoms with Crippen molar-refractivity contribution in [1.82, 2.24) is 5.32 Å². The SMILES string of the molecule is C=CCC(N)C(=O)NCc1ccccc1Cl. The van der Waals surface area contributed by atoms with Crippen LogP contribution in [-0.2, 0) is 11.3 Å². The molecule has 0 bridgehead atoms. The summed E-state index contributed by atoms with van der Waals surface area (Å²) in [7, 11) is 0. The first kappa shape index (κ1) is 12.7. The van der Waals surface area contributed by atoms with E-state index in [4.69, 9.17) is 17.3 Å². The van der Waals surface area contributed by atoms with Crippen molar-refractivity contribution in [3.8, 4) is 0 Å². The zero-order chi connectivity index (χ0) is 12.0. The molecule has 3 nitrogen and oxygen atoms in total. The van der Waals surface area contributed by atoms with Gasteiger partial charge in [-0.3, -0.25) is 4.79 Å². The van der Waals surface area contributed by atoms with E-state index in [9.17, 15) is 4.79 Å². The second-order valence-electron chi connectivity index (χ2n) is 3.44. The smallest absolute Gasteiger partial charge is 0.237 e. The molecule has 1 atom stereocenters. The van der Waals surface area contributed by atoms with E-state index in [-0.39, 0.29) is 5.91 Å². The van der Waals surface area contributed by atoms with Gasteiger partial charge in [0.15, 0.2) is 0 Å². The molecule has 0 aliphatic heterocycles. The lowest BCUT2D eigenvalue weighted by molar-refractivity contribution is -0.122. The zero-order valence-electron chi connectivity index (χ0n) is 8.95. The van der Waals surface area contributed by atoms with Crippen molar-refractivity contribution in [1.29, 1.82) is 0 Å². The molecule has 3 N–H and O–H groups in total. The number of carbonyl (C=O) groups is 1. The molecule has 0 radical (unpaired) electrons. The summed E-state index contributed by atoms with van der Waals surface area (Å²) in [4.78, 5) is 11.5. The predicted molar refractivity (Wildman–Crippen MR) is 66.1 cm³/mol. The van der Waals surface area contributed by atoms with Gasteiger partial charge in [0.05, 0.1) is 6.04 Å². The third kappa shape index (κ3) is 3.68. The van der Waals surface area contributed by atoms with Crippen molar-refractivity contribution in [2.45, 2.75) is 19.0 Å². The van der Waals surface area contributed by atoms with Crippen molar-refractivity contribution in [2.24, 2.45) is 5.73 Å². The van der Waals surface area contributed by atoms with Gasteiger partial charge in [0.25, 0.3) is 0 Å². The standard InChI is InChI=1S/C12H15ClN2O/c1-2-5-11(14)12(16)15-8-9-6-3-4-7-10(9)13/h2-4,6-7,11H,1,5,8,14H2,(H,15,16). The third-order valence-corrected chi connectivity index (χ3v) is 2.54. The lowest BCUT2D eigenvalue weighted by Crippen LogP contribution is -2.39. The maximum absolute atomic E-state index is 11.5. The third-order valence-electron chi connectivity index (χ3n) is 2.17. The molecule has 0 aliphatic rings. The molecule has 0 heterocycles. The minimum Gasteiger partial charge on any atom is -0.351 e. The number of nitrogens with one attached hydrogen (secondary N) is 1. The zero-order valence-corrected chi connectivity index (χ0v) is 9.70. The number of hydrogen-bond acceptors (Lipinski definition) is 2. The fourth-order valence-electron chi connectivity index (χ4n) is 1.24. The molecule has 1 rings (SSSR count). The number of halogens is 1. The molecule has 0 spiro atoms. The molecule has 16 heavy (non-hydrogen) atoms. The van der Waals surface area contributed by atoms with Crippen molar-refractivity contribution in [2.75, 3.05) is 0 Å². The Morgan fingerprint density at radius 2 is 2.25 bits per heavy atom. The topological polar surface area (TPSA) is 55.1 Å². The number of nitrogens with two attached hydrogens (primary N) is 1. The van der Waals surface area contributed by atoms with Crippen LogP contribution in [0.2, 0.25) is 5.02 Å². The highest BCUT2D eigenvalue weighted by Gasteiger charge is 2.11. The lowest BCUT2D eigenvalue weighted by atomic mass is 10.2. The summed E-state index contributed by atoms with van der Waals surface area (Å²) in [5.74, 6) is -0.195. The average molecular weight is 239 g/mol. The number of carbonyl (C=O) groups excluding carboxylic acids is 1. The minimum atomic E-state index is -0.542. The van der Waals surface area contributed by atoms with Crippen LogP contribution in [0.3, 0.4) is 0 Å². The van der Waals surface area contributed by atoms with Gasteiger partial charge in [0, 0.05) is 11.6 Å². The van der Waals surface area contributed by atoms with Crippen LogP contribution in [0.1, 0.15) is 12.0 Å². The van der Waals surface area contributed by atoms with Crippen LogP contribution in [-0.4, -0.2) is 11.9 Å². The monoisotopic (exact) mass is 238 g/mol. The van der Waals surface area contributed by atoms with Crippen LogP contribution in [0, 0.1) is 0 Å². The van der Waals surface area contributed by atoms with E-state index in [0.29, 0.717) is 18.0 Å². The molecule has 0 aliphatic carbocycles. The Balaban J connectivity index is 2.49. The first-order valence-corrected chi connectivity index (χ1v) is 5.40. The van der Waals surface area contributed by atoms with Gasteiger partial charge in [0.2, 0.25) is 5.91 Å². The Bertz CT molecular complexity index is 379. The highest BCUT2D eigenvalue weighted by atomic mass is 35.5. The van der Waals surface area contributed by atoms with Gasteiger partial charge in [0.1, 0.15) is 0 Å². The second kappa shape index (κ2) is 6.30. The van der Waals surface area contributed by atoms with E-state index in [0.717, 1.165) is 5.56 Å². The van der Waals surface area contributed by atoms with Gasteiger partial charge in [-0.15, -0.1) is 6.58 Å². The largest absolute Gasteiger partial charge is 0.351 e. The number of amides is 1. The van der Waals surface area contributed by atoms with E-state index in [1.807, 2.05) is 18.2 Å². The van der Waals surface area contributed by atoms with Crippen LogP contribution < -0.4 is 11.1 Å². The summed E-state index contributed by atoms with van der Waals surface area (Å²) < 4.78 is 0. The van der Waals surface area contributed by atoms with E-state index in [2.05, 4.69) is 11.9 Å². The molecule has 4 heteroatoms. The van der Waals surface area contributed by atoms with Gasteiger partial charge in [-0.25, -0.2) is 0 Å². The Kier molecular flexibility index (Phi) is 5.02. The number of rotatable bonds is 5. The van der Waals surface area contributed by atoms with E-state index in [1.54, 1.807) is 12.1 Å². The summed E-state index contributed by atoms with van der Waals surface area (Å²) >= 11 is 5.95. The Hall–Kier alpha value is -1.32. The summed E-state index contributed by atoms with van der Waals surface area (Å²) in [6, 6.07) is 6.82. The average Bonchev–Trinajstić information content (AvgIpc) is 2.28. The highest BCUT2D eigenvalue weighted by Crippen LogP contribution is 2.14. The van der Waals surface area contributed by atoms with Gasteiger partial charge in [-0.2, -0.15) is 0 Å². The number of benzene rings is 1. The minimum absolute atomic E-state index is 0.195. The Labute approximate surface area is 100 Å². The van der Waals surface area contributed by atoms with E-state index < -0.39 is 6.04 Å². The molecule has 0 saturated carbocycles. The first-order valence-electron chi connectivity index (χ1n) is 5.02. The molecule has 0 aromatic heterocycles. The highest BCUT2D eigenvalue weighted by molar-refractivity contribution is 6.31. The number of hydrogen-bond donors (Lipinski definition) is 2. The van der Waals surface area contributed by atoms with Gasteiger partial charge in [-0.05, 0) is 18.1 Å². The molecule has 1 aromatic carbocycles. The maximum atomic E-state index is 11.5. The molecule has 0 fully saturated rings. The fraction of sp³-hybridized carbons (Fsp3) is 0.250. The molecule has 0 saturated heterocycles. The quantitative estimate of drug-likeness (QED) is 0.770. The van der Waals surface area contributed by atoms with Crippen molar-refractivity contribution in [3.63, 3.8) is 0 Å². The lowest BCUT2D eigenvalue weighted by Gasteiger charge is -2.10. The Morgan fingerprint density at radius 3 is 2.88 bits per heavy atom. The van der Waals surface area contributed by atoms with Crippen molar-refractivity contribution < 1.29 is 4.79 Å². The van der Waals surface area contributed by atoms with E-state index >= 15 is 0 Å². The van der Waals surface area contributed by atoms with Crippen molar-refractivity contribution >= 4 is 17.5 Å². The van der Waals surface area contributed by atoms with Gasteiger partial charge >= 0.3 is 0 Å². The van der Waals surface area contributed by atoms with Crippen LogP contribution in [0.4, 0.5) is 0 Å². The predicted octanol–water partition coefficient (Wildman–Crippen LogP) is 1.86. The first-order chi connectivity index (χ1) is 7.65. The summed E-state index contributed by atoms with van der Waals surface area (Å²) in [6.45, 7) is 3.93. The normalized spacial score (nSPS) is 11.9. The second-order valence-corrected chi connectivity index (χ2v) is 3.85. The molecule has 1 unspecified atom stereocenters. The summed E-state index contributed by atoms with van der Waals surface area (Å²) in [5, 5.41) is 3.37. The fourth-order valence-corrected chi connectivity index (χ4v) is 1.44. The summed E-state index contributed by atoms with van der Waals surface area (Å²) in [5.41, 5.74) is 6.49. The van der Waals surface area contributed by atoms with Gasteiger partial charge < -0.3 is 11.1 Å². The molecular formula is C12H15ClN2O. The van der Waals surface area contributed by atoms with Crippen LogP contribution >= 0.6 is 11.6 Å². The van der Waals surface area contributed by atoms with Gasteiger partial charge in [-0.1, -0.05) is 35.9 Å². The molecular weight excluding hydrogens is 224 g/mol. The molecule has 1 amide bonds.